The number of hydrogen-bond donors (Lipinski definition) is 0. The molecule has 0 aliphatic rings. The third-order valence-electron chi connectivity index (χ3n) is 1.64. The zero-order valence-corrected chi connectivity index (χ0v) is 8.01. The molecule has 0 saturated heterocycles. The van der Waals surface area contributed by atoms with Gasteiger partial charge in [-0.1, -0.05) is 27.2 Å². The van der Waals surface area contributed by atoms with Crippen LogP contribution < -0.4 is 0 Å². The largest absolute Gasteiger partial charge is 0.134 e. The SMILES string of the molecule is CCC(P)CCC(C)C. The molecule has 0 fully saturated rings. The van der Waals surface area contributed by atoms with Gasteiger partial charge in [-0.05, 0) is 24.4 Å². The van der Waals surface area contributed by atoms with Crippen molar-refractivity contribution in [1.29, 1.82) is 0 Å². The Labute approximate surface area is 61.6 Å². The molecule has 9 heavy (non-hydrogen) atoms. The fraction of sp³-hybridized carbons (Fsp3) is 1.00. The van der Waals surface area contributed by atoms with E-state index in [4.69, 9.17) is 0 Å². The number of rotatable bonds is 4. The first-order chi connectivity index (χ1) is 4.16. The molecule has 0 aliphatic heterocycles. The van der Waals surface area contributed by atoms with Crippen LogP contribution in [0.3, 0.4) is 0 Å². The molecule has 0 bridgehead atoms. The third-order valence-corrected chi connectivity index (χ3v) is 2.44. The van der Waals surface area contributed by atoms with Crippen LogP contribution in [0.5, 0.6) is 0 Å². The van der Waals surface area contributed by atoms with Crippen molar-refractivity contribution in [3.05, 3.63) is 0 Å². The normalized spacial score (nSPS) is 14.3. The second-order valence-corrected chi connectivity index (χ2v) is 4.08. The van der Waals surface area contributed by atoms with Crippen LogP contribution in [0.4, 0.5) is 0 Å². The molecule has 0 nitrogen and oxygen atoms in total. The maximum absolute atomic E-state index is 2.90. The smallest absolute Gasteiger partial charge is 0.0267 e. The lowest BCUT2D eigenvalue weighted by atomic mass is 10.1. The van der Waals surface area contributed by atoms with Crippen molar-refractivity contribution in [3.8, 4) is 0 Å². The van der Waals surface area contributed by atoms with Gasteiger partial charge in [0.1, 0.15) is 0 Å². The molecule has 1 heteroatoms. The summed E-state index contributed by atoms with van der Waals surface area (Å²) < 4.78 is 0. The fourth-order valence-electron chi connectivity index (χ4n) is 0.752. The molecule has 56 valence electrons. The minimum absolute atomic E-state index is 0.854. The Balaban J connectivity index is 3.06. The molecule has 0 aliphatic carbocycles. The maximum atomic E-state index is 2.90. The molecule has 0 spiro atoms. The van der Waals surface area contributed by atoms with Gasteiger partial charge in [0.15, 0.2) is 0 Å². The lowest BCUT2D eigenvalue weighted by molar-refractivity contribution is 0.541. The van der Waals surface area contributed by atoms with Crippen molar-refractivity contribution in [1.82, 2.24) is 0 Å². The van der Waals surface area contributed by atoms with Crippen LogP contribution in [0.25, 0.3) is 0 Å². The van der Waals surface area contributed by atoms with Crippen LogP contribution in [0.2, 0.25) is 0 Å². The molecular formula is C8H19P. The summed E-state index contributed by atoms with van der Waals surface area (Å²) >= 11 is 0. The van der Waals surface area contributed by atoms with E-state index in [0.717, 1.165) is 11.6 Å². The standard InChI is InChI=1S/C8H19P/c1-4-8(9)6-5-7(2)3/h7-8H,4-6,9H2,1-3H3. The highest BCUT2D eigenvalue weighted by Crippen LogP contribution is 2.15. The van der Waals surface area contributed by atoms with Crippen LogP contribution in [0.15, 0.2) is 0 Å². The summed E-state index contributed by atoms with van der Waals surface area (Å²) in [6, 6.07) is 0. The monoisotopic (exact) mass is 146 g/mol. The van der Waals surface area contributed by atoms with Gasteiger partial charge in [0.05, 0.1) is 0 Å². The molecule has 0 amide bonds. The van der Waals surface area contributed by atoms with Gasteiger partial charge in [-0.15, -0.1) is 9.24 Å². The third kappa shape index (κ3) is 6.31. The highest BCUT2D eigenvalue weighted by atomic mass is 31.0. The second-order valence-electron chi connectivity index (χ2n) is 3.14. The van der Waals surface area contributed by atoms with Gasteiger partial charge in [-0.2, -0.15) is 0 Å². The second kappa shape index (κ2) is 5.23. The van der Waals surface area contributed by atoms with Crippen molar-refractivity contribution in [2.45, 2.75) is 45.7 Å². The van der Waals surface area contributed by atoms with E-state index in [1.807, 2.05) is 0 Å². The summed E-state index contributed by atoms with van der Waals surface area (Å²) in [5.41, 5.74) is 0.854. The maximum Gasteiger partial charge on any atom is -0.0267 e. The molecule has 0 radical (unpaired) electrons. The summed E-state index contributed by atoms with van der Waals surface area (Å²) in [7, 11) is 2.90. The molecule has 0 rings (SSSR count). The van der Waals surface area contributed by atoms with Crippen molar-refractivity contribution in [3.63, 3.8) is 0 Å². The van der Waals surface area contributed by atoms with E-state index in [9.17, 15) is 0 Å². The van der Waals surface area contributed by atoms with Crippen LogP contribution in [0.1, 0.15) is 40.0 Å². The van der Waals surface area contributed by atoms with Crippen LogP contribution in [-0.4, -0.2) is 5.66 Å². The lowest BCUT2D eigenvalue weighted by Crippen LogP contribution is -1.97. The van der Waals surface area contributed by atoms with E-state index in [-0.39, 0.29) is 0 Å². The molecule has 0 heterocycles. The van der Waals surface area contributed by atoms with Crippen LogP contribution in [-0.2, 0) is 0 Å². The van der Waals surface area contributed by atoms with E-state index in [2.05, 4.69) is 30.0 Å². The van der Waals surface area contributed by atoms with Gasteiger partial charge in [0, 0.05) is 0 Å². The van der Waals surface area contributed by atoms with E-state index in [1.165, 1.54) is 19.3 Å². The van der Waals surface area contributed by atoms with Crippen molar-refractivity contribution >= 4 is 9.24 Å². The zero-order chi connectivity index (χ0) is 7.28. The molecule has 0 aromatic heterocycles. The van der Waals surface area contributed by atoms with E-state index < -0.39 is 0 Å². The molecular weight excluding hydrogens is 127 g/mol. The zero-order valence-electron chi connectivity index (χ0n) is 6.85. The highest BCUT2D eigenvalue weighted by Gasteiger charge is 1.99. The summed E-state index contributed by atoms with van der Waals surface area (Å²) in [6.45, 7) is 6.82. The Morgan fingerprint density at radius 1 is 1.22 bits per heavy atom. The van der Waals surface area contributed by atoms with Gasteiger partial charge in [-0.25, -0.2) is 0 Å². The molecule has 0 aromatic carbocycles. The van der Waals surface area contributed by atoms with Crippen molar-refractivity contribution in [2.24, 2.45) is 5.92 Å². The molecule has 0 aromatic rings. The van der Waals surface area contributed by atoms with E-state index in [1.54, 1.807) is 0 Å². The van der Waals surface area contributed by atoms with Crippen LogP contribution >= 0.6 is 9.24 Å². The fourth-order valence-corrected chi connectivity index (χ4v) is 0.944. The first-order valence-electron chi connectivity index (χ1n) is 3.92. The summed E-state index contributed by atoms with van der Waals surface area (Å²) in [4.78, 5) is 0. The van der Waals surface area contributed by atoms with Gasteiger partial charge >= 0.3 is 0 Å². The van der Waals surface area contributed by atoms with Crippen LogP contribution in [0, 0.1) is 5.92 Å². The summed E-state index contributed by atoms with van der Waals surface area (Å²) in [5, 5.41) is 0. The van der Waals surface area contributed by atoms with Crippen molar-refractivity contribution < 1.29 is 0 Å². The minimum Gasteiger partial charge on any atom is -0.134 e. The van der Waals surface area contributed by atoms with Gasteiger partial charge in [0.2, 0.25) is 0 Å². The lowest BCUT2D eigenvalue weighted by Gasteiger charge is -2.08. The Morgan fingerprint density at radius 2 is 1.78 bits per heavy atom. The Morgan fingerprint density at radius 3 is 2.11 bits per heavy atom. The predicted octanol–water partition coefficient (Wildman–Crippen LogP) is 3.08. The summed E-state index contributed by atoms with van der Waals surface area (Å²) in [6.07, 6.45) is 4.05. The summed E-state index contributed by atoms with van der Waals surface area (Å²) in [5.74, 6) is 0.875. The minimum atomic E-state index is 0.854. The number of hydrogen-bond acceptors (Lipinski definition) is 0. The van der Waals surface area contributed by atoms with Gasteiger partial charge in [-0.3, -0.25) is 0 Å². The molecule has 0 N–H and O–H groups in total. The Bertz CT molecular complexity index is 59.6. The van der Waals surface area contributed by atoms with Gasteiger partial charge in [0.25, 0.3) is 0 Å². The predicted molar refractivity (Wildman–Crippen MR) is 47.9 cm³/mol. The topological polar surface area (TPSA) is 0 Å². The highest BCUT2D eigenvalue weighted by molar-refractivity contribution is 7.17. The Kier molecular flexibility index (Phi) is 5.48. The van der Waals surface area contributed by atoms with E-state index >= 15 is 0 Å². The average Bonchev–Trinajstić information content (AvgIpc) is 1.83. The molecule has 0 saturated carbocycles. The average molecular weight is 146 g/mol. The first kappa shape index (κ1) is 9.43. The first-order valence-corrected chi connectivity index (χ1v) is 4.59. The molecule has 2 unspecified atom stereocenters. The quantitative estimate of drug-likeness (QED) is 0.535. The van der Waals surface area contributed by atoms with E-state index in [0.29, 0.717) is 0 Å². The van der Waals surface area contributed by atoms with Crippen molar-refractivity contribution in [2.75, 3.05) is 0 Å². The molecule has 2 atom stereocenters. The van der Waals surface area contributed by atoms with Gasteiger partial charge < -0.3 is 0 Å². The Hall–Kier alpha value is 0.430.